The minimum Gasteiger partial charge on any atom is -0.302 e. The topological polar surface area (TPSA) is 56.8 Å². The molecule has 2 N–H and O–H groups in total. The molecule has 6 heteroatoms. The van der Waals surface area contributed by atoms with Crippen LogP contribution in [0.2, 0.25) is 0 Å². The van der Waals surface area contributed by atoms with Crippen LogP contribution in [0.4, 0.5) is 0 Å². The van der Waals surface area contributed by atoms with E-state index < -0.39 is 0 Å². The zero-order valence-corrected chi connectivity index (χ0v) is 8.93. The Morgan fingerprint density at radius 1 is 1.57 bits per heavy atom. The predicted molar refractivity (Wildman–Crippen MR) is 55.9 cm³/mol. The van der Waals surface area contributed by atoms with Gasteiger partial charge in [0.25, 0.3) is 0 Å². The molecule has 0 atom stereocenters. The normalized spacial score (nSPS) is 16.4. The van der Waals surface area contributed by atoms with Gasteiger partial charge in [0, 0.05) is 19.1 Å². The van der Waals surface area contributed by atoms with E-state index in [0.717, 1.165) is 12.6 Å². The molecule has 1 saturated carbocycles. The van der Waals surface area contributed by atoms with Crippen molar-refractivity contribution in [1.82, 2.24) is 19.7 Å². The van der Waals surface area contributed by atoms with Gasteiger partial charge in [-0.25, -0.2) is 9.89 Å². The van der Waals surface area contributed by atoms with Gasteiger partial charge < -0.3 is 4.90 Å². The summed E-state index contributed by atoms with van der Waals surface area (Å²) in [7, 11) is 2.09. The maximum Gasteiger partial charge on any atom is 0.342 e. The molecule has 1 fully saturated rings. The maximum atomic E-state index is 11.2. The fourth-order valence-electron chi connectivity index (χ4n) is 1.49. The first-order valence-electron chi connectivity index (χ1n) is 4.76. The van der Waals surface area contributed by atoms with E-state index in [1.807, 2.05) is 0 Å². The highest BCUT2D eigenvalue weighted by atomic mass is 32.1. The van der Waals surface area contributed by atoms with E-state index >= 15 is 0 Å². The van der Waals surface area contributed by atoms with Gasteiger partial charge in [-0.15, -0.1) is 0 Å². The Kier molecular flexibility index (Phi) is 2.56. The number of aromatic amines is 2. The second-order valence-electron chi connectivity index (χ2n) is 3.72. The highest BCUT2D eigenvalue weighted by Crippen LogP contribution is 2.24. The molecule has 1 aromatic rings. The van der Waals surface area contributed by atoms with Crippen LogP contribution in [0.25, 0.3) is 0 Å². The molecular weight excluding hydrogens is 200 g/mol. The Morgan fingerprint density at radius 2 is 2.29 bits per heavy atom. The van der Waals surface area contributed by atoms with Crippen molar-refractivity contribution in [3.63, 3.8) is 0 Å². The average molecular weight is 214 g/mol. The van der Waals surface area contributed by atoms with Crippen molar-refractivity contribution in [2.45, 2.75) is 25.4 Å². The van der Waals surface area contributed by atoms with Crippen molar-refractivity contribution in [2.24, 2.45) is 0 Å². The molecule has 0 spiro atoms. The number of hydrogen-bond acceptors (Lipinski definition) is 3. The van der Waals surface area contributed by atoms with Crippen LogP contribution < -0.4 is 5.69 Å². The van der Waals surface area contributed by atoms with Crippen molar-refractivity contribution in [3.8, 4) is 0 Å². The first-order chi connectivity index (χ1) is 6.68. The second kappa shape index (κ2) is 3.70. The molecule has 0 radical (unpaired) electrons. The molecule has 0 bridgehead atoms. The van der Waals surface area contributed by atoms with Gasteiger partial charge in [-0.1, -0.05) is 0 Å². The number of likely N-dealkylation sites (N-methyl/N-ethyl adjacent to an activating group) is 1. The van der Waals surface area contributed by atoms with Gasteiger partial charge >= 0.3 is 5.69 Å². The Balaban J connectivity index is 1.97. The van der Waals surface area contributed by atoms with Crippen LogP contribution in [-0.2, 0) is 6.54 Å². The minimum atomic E-state index is -0.154. The molecular formula is C8H14N4OS. The molecule has 0 aromatic carbocycles. The lowest BCUT2D eigenvalue weighted by molar-refractivity contribution is 0.307. The summed E-state index contributed by atoms with van der Waals surface area (Å²) in [6, 6.07) is 0.724. The SMILES string of the molecule is CN(CCn1c(=O)[nH][nH]c1=S)C1CC1. The van der Waals surface area contributed by atoms with Crippen LogP contribution in [0.3, 0.4) is 0 Å². The third-order valence-electron chi connectivity index (χ3n) is 2.61. The van der Waals surface area contributed by atoms with E-state index in [-0.39, 0.29) is 5.69 Å². The Labute approximate surface area is 86.7 Å². The Morgan fingerprint density at radius 3 is 2.79 bits per heavy atom. The number of hydrogen-bond donors (Lipinski definition) is 2. The fourth-order valence-corrected chi connectivity index (χ4v) is 1.72. The summed E-state index contributed by atoms with van der Waals surface area (Å²) in [5, 5.41) is 5.09. The Bertz CT molecular complexity index is 386. The van der Waals surface area contributed by atoms with Gasteiger partial charge in [-0.3, -0.25) is 9.67 Å². The van der Waals surface area contributed by atoms with Crippen LogP contribution in [0.15, 0.2) is 4.79 Å². The van der Waals surface area contributed by atoms with E-state index in [2.05, 4.69) is 22.1 Å². The highest BCUT2D eigenvalue weighted by molar-refractivity contribution is 7.71. The molecule has 0 amide bonds. The summed E-state index contributed by atoms with van der Waals surface area (Å²) < 4.78 is 2.02. The van der Waals surface area contributed by atoms with Gasteiger partial charge in [-0.05, 0) is 32.1 Å². The quantitative estimate of drug-likeness (QED) is 0.710. The van der Waals surface area contributed by atoms with Gasteiger partial charge in [0.2, 0.25) is 0 Å². The van der Waals surface area contributed by atoms with Gasteiger partial charge in [0.05, 0.1) is 0 Å². The van der Waals surface area contributed by atoms with E-state index in [9.17, 15) is 4.79 Å². The number of aromatic nitrogens is 3. The van der Waals surface area contributed by atoms with E-state index in [0.29, 0.717) is 11.3 Å². The van der Waals surface area contributed by atoms with Crippen molar-refractivity contribution in [1.29, 1.82) is 0 Å². The Hall–Kier alpha value is -0.880. The standard InChI is InChI=1S/C8H14N4OS/c1-11(6-2-3-6)4-5-12-7(13)9-10-8(12)14/h6H,2-5H2,1H3,(H,9,13)(H,10,14). The first-order valence-corrected chi connectivity index (χ1v) is 5.17. The summed E-state index contributed by atoms with van der Waals surface area (Å²) >= 11 is 4.96. The van der Waals surface area contributed by atoms with Crippen LogP contribution in [-0.4, -0.2) is 39.3 Å². The molecule has 78 valence electrons. The smallest absolute Gasteiger partial charge is 0.302 e. The maximum absolute atomic E-state index is 11.2. The van der Waals surface area contributed by atoms with Crippen molar-refractivity contribution >= 4 is 12.2 Å². The van der Waals surface area contributed by atoms with Crippen LogP contribution in [0.5, 0.6) is 0 Å². The van der Waals surface area contributed by atoms with E-state index in [1.54, 1.807) is 4.57 Å². The third kappa shape index (κ3) is 1.96. The summed E-state index contributed by atoms with van der Waals surface area (Å²) in [4.78, 5) is 13.5. The second-order valence-corrected chi connectivity index (χ2v) is 4.11. The number of H-pyrrole nitrogens is 2. The van der Waals surface area contributed by atoms with E-state index in [4.69, 9.17) is 12.2 Å². The molecule has 1 aliphatic carbocycles. The predicted octanol–water partition coefficient (Wildman–Crippen LogP) is 0.328. The van der Waals surface area contributed by atoms with Crippen molar-refractivity contribution in [2.75, 3.05) is 13.6 Å². The molecule has 14 heavy (non-hydrogen) atoms. The average Bonchev–Trinajstić information content (AvgIpc) is 2.93. The monoisotopic (exact) mass is 214 g/mol. The molecule has 1 heterocycles. The fraction of sp³-hybridized carbons (Fsp3) is 0.750. The van der Waals surface area contributed by atoms with Crippen LogP contribution in [0, 0.1) is 4.77 Å². The van der Waals surface area contributed by atoms with E-state index in [1.165, 1.54) is 12.8 Å². The number of rotatable bonds is 4. The molecule has 0 saturated heterocycles. The molecule has 0 unspecified atom stereocenters. The van der Waals surface area contributed by atoms with Crippen molar-refractivity contribution < 1.29 is 0 Å². The molecule has 1 aliphatic rings. The zero-order valence-electron chi connectivity index (χ0n) is 8.12. The molecule has 5 nitrogen and oxygen atoms in total. The summed E-state index contributed by atoms with van der Waals surface area (Å²) in [6.45, 7) is 1.53. The lowest BCUT2D eigenvalue weighted by atomic mass is 10.5. The number of nitrogens with one attached hydrogen (secondary N) is 2. The molecule has 0 aliphatic heterocycles. The summed E-state index contributed by atoms with van der Waals surface area (Å²) in [6.07, 6.45) is 2.57. The van der Waals surface area contributed by atoms with Crippen LogP contribution >= 0.6 is 12.2 Å². The lowest BCUT2D eigenvalue weighted by Gasteiger charge is -2.14. The minimum absolute atomic E-state index is 0.154. The largest absolute Gasteiger partial charge is 0.342 e. The number of nitrogens with zero attached hydrogens (tertiary/aromatic N) is 2. The van der Waals surface area contributed by atoms with Crippen molar-refractivity contribution in [3.05, 3.63) is 15.3 Å². The highest BCUT2D eigenvalue weighted by Gasteiger charge is 2.25. The van der Waals surface area contributed by atoms with Gasteiger partial charge in [-0.2, -0.15) is 0 Å². The lowest BCUT2D eigenvalue weighted by Crippen LogP contribution is -2.28. The van der Waals surface area contributed by atoms with Crippen LogP contribution in [0.1, 0.15) is 12.8 Å². The van der Waals surface area contributed by atoms with Gasteiger partial charge in [0.15, 0.2) is 4.77 Å². The first kappa shape index (κ1) is 9.67. The molecule has 2 rings (SSSR count). The molecule has 1 aromatic heterocycles. The third-order valence-corrected chi connectivity index (χ3v) is 2.94. The zero-order chi connectivity index (χ0) is 10.1. The summed E-state index contributed by atoms with van der Waals surface area (Å²) in [5.41, 5.74) is -0.154. The summed E-state index contributed by atoms with van der Waals surface area (Å²) in [5.74, 6) is 0. The van der Waals surface area contributed by atoms with Gasteiger partial charge in [0.1, 0.15) is 0 Å².